The summed E-state index contributed by atoms with van der Waals surface area (Å²) in [6.45, 7) is 2.94. The lowest BCUT2D eigenvalue weighted by molar-refractivity contribution is 0.264. The van der Waals surface area contributed by atoms with E-state index >= 15 is 0 Å². The molecule has 0 aliphatic carbocycles. The molecule has 116 valence electrons. The third-order valence-corrected chi connectivity index (χ3v) is 4.89. The first-order valence-electron chi connectivity index (χ1n) is 7.65. The van der Waals surface area contributed by atoms with Gasteiger partial charge in [-0.25, -0.2) is 9.65 Å². The molecule has 0 amide bonds. The van der Waals surface area contributed by atoms with Gasteiger partial charge in [-0.15, -0.1) is 0 Å². The highest BCUT2D eigenvalue weighted by Gasteiger charge is 2.18. The van der Waals surface area contributed by atoms with Crippen molar-refractivity contribution < 1.29 is 13.6 Å². The molecule has 0 spiro atoms. The summed E-state index contributed by atoms with van der Waals surface area (Å²) >= 11 is 0. The minimum atomic E-state index is -3.01. The SMILES string of the molecule is CCCCCCCCCCCCNP(=O)(OC)OC. The zero-order valence-corrected chi connectivity index (χ0v) is 13.8. The van der Waals surface area contributed by atoms with Crippen LogP contribution in [0.4, 0.5) is 0 Å². The van der Waals surface area contributed by atoms with Crippen LogP contribution in [0.5, 0.6) is 0 Å². The van der Waals surface area contributed by atoms with Crippen molar-refractivity contribution in [1.29, 1.82) is 0 Å². The van der Waals surface area contributed by atoms with Crippen LogP contribution in [0.25, 0.3) is 0 Å². The topological polar surface area (TPSA) is 47.6 Å². The van der Waals surface area contributed by atoms with Gasteiger partial charge in [0.1, 0.15) is 0 Å². The Morgan fingerprint density at radius 3 is 1.63 bits per heavy atom. The van der Waals surface area contributed by atoms with Crippen LogP contribution in [0, 0.1) is 0 Å². The summed E-state index contributed by atoms with van der Waals surface area (Å²) in [5, 5.41) is 2.83. The summed E-state index contributed by atoms with van der Waals surface area (Å²) in [4.78, 5) is 0. The molecule has 5 heteroatoms. The number of unbranched alkanes of at least 4 members (excludes halogenated alkanes) is 9. The Labute approximate surface area is 119 Å². The Kier molecular flexibility index (Phi) is 13.2. The molecular weight excluding hydrogens is 261 g/mol. The monoisotopic (exact) mass is 293 g/mol. The summed E-state index contributed by atoms with van der Waals surface area (Å²) in [7, 11) is -0.211. The van der Waals surface area contributed by atoms with Gasteiger partial charge >= 0.3 is 7.75 Å². The lowest BCUT2D eigenvalue weighted by Crippen LogP contribution is -2.14. The van der Waals surface area contributed by atoms with Gasteiger partial charge < -0.3 is 9.05 Å². The Bertz CT molecular complexity index is 229. The normalized spacial score (nSPS) is 11.9. The summed E-state index contributed by atoms with van der Waals surface area (Å²) < 4.78 is 21.3. The van der Waals surface area contributed by atoms with Crippen molar-refractivity contribution in [2.45, 2.75) is 71.1 Å². The van der Waals surface area contributed by atoms with Crippen LogP contribution in [0.2, 0.25) is 0 Å². The fourth-order valence-corrected chi connectivity index (χ4v) is 2.87. The van der Waals surface area contributed by atoms with Crippen LogP contribution in [-0.4, -0.2) is 20.8 Å². The Morgan fingerprint density at radius 1 is 0.789 bits per heavy atom. The zero-order valence-electron chi connectivity index (χ0n) is 13.0. The van der Waals surface area contributed by atoms with E-state index in [1.807, 2.05) is 0 Å². The van der Waals surface area contributed by atoms with Crippen molar-refractivity contribution >= 4 is 7.75 Å². The van der Waals surface area contributed by atoms with Crippen molar-refractivity contribution in [2.24, 2.45) is 0 Å². The first-order valence-corrected chi connectivity index (χ1v) is 9.19. The van der Waals surface area contributed by atoms with Gasteiger partial charge in [0.25, 0.3) is 0 Å². The van der Waals surface area contributed by atoms with Crippen molar-refractivity contribution in [2.75, 3.05) is 20.8 Å². The van der Waals surface area contributed by atoms with Crippen LogP contribution < -0.4 is 5.09 Å². The zero-order chi connectivity index (χ0) is 14.4. The van der Waals surface area contributed by atoms with Crippen molar-refractivity contribution in [1.82, 2.24) is 5.09 Å². The van der Waals surface area contributed by atoms with E-state index in [1.165, 1.54) is 72.0 Å². The van der Waals surface area contributed by atoms with Crippen LogP contribution in [0.15, 0.2) is 0 Å². The summed E-state index contributed by atoms with van der Waals surface area (Å²) in [5.41, 5.74) is 0. The molecule has 1 N–H and O–H groups in total. The fourth-order valence-electron chi connectivity index (χ4n) is 2.03. The van der Waals surface area contributed by atoms with E-state index < -0.39 is 7.75 Å². The van der Waals surface area contributed by atoms with Crippen molar-refractivity contribution in [3.63, 3.8) is 0 Å². The van der Waals surface area contributed by atoms with Crippen LogP contribution in [0.3, 0.4) is 0 Å². The minimum absolute atomic E-state index is 0.690. The van der Waals surface area contributed by atoms with Gasteiger partial charge in [0.2, 0.25) is 0 Å². The van der Waals surface area contributed by atoms with Crippen LogP contribution in [0.1, 0.15) is 71.1 Å². The predicted molar refractivity (Wildman–Crippen MR) is 81.5 cm³/mol. The Hall–Kier alpha value is 0.110. The van der Waals surface area contributed by atoms with Gasteiger partial charge in [-0.05, 0) is 6.42 Å². The molecule has 0 aromatic heterocycles. The first-order chi connectivity index (χ1) is 9.18. The molecule has 0 radical (unpaired) electrons. The van der Waals surface area contributed by atoms with Gasteiger partial charge in [-0.3, -0.25) is 0 Å². The van der Waals surface area contributed by atoms with Crippen molar-refractivity contribution in [3.8, 4) is 0 Å². The molecule has 0 bridgehead atoms. The molecule has 0 aromatic carbocycles. The number of hydrogen-bond acceptors (Lipinski definition) is 3. The molecule has 0 atom stereocenters. The maximum atomic E-state index is 11.7. The van der Waals surface area contributed by atoms with Crippen molar-refractivity contribution in [3.05, 3.63) is 0 Å². The Balaban J connectivity index is 3.21. The second-order valence-electron chi connectivity index (χ2n) is 4.95. The highest BCUT2D eigenvalue weighted by molar-refractivity contribution is 7.51. The van der Waals surface area contributed by atoms with E-state index in [0.717, 1.165) is 6.42 Å². The average Bonchev–Trinajstić information content (AvgIpc) is 2.44. The lowest BCUT2D eigenvalue weighted by Gasteiger charge is -2.14. The van der Waals surface area contributed by atoms with Gasteiger partial charge in [0.15, 0.2) is 0 Å². The second-order valence-corrected chi connectivity index (χ2v) is 6.99. The van der Waals surface area contributed by atoms with E-state index in [-0.39, 0.29) is 0 Å². The molecule has 0 heterocycles. The standard InChI is InChI=1S/C14H32NO3P/c1-4-5-6-7-8-9-10-11-12-13-14-15-19(16,17-2)18-3/h4-14H2,1-3H3,(H,15,16). The molecule has 0 saturated carbocycles. The van der Waals surface area contributed by atoms with Gasteiger partial charge in [-0.2, -0.15) is 0 Å². The molecule has 0 aliphatic rings. The quantitative estimate of drug-likeness (QED) is 0.365. The molecule has 4 nitrogen and oxygen atoms in total. The lowest BCUT2D eigenvalue weighted by atomic mass is 10.1. The predicted octanol–water partition coefficient (Wildman–Crippen LogP) is 4.90. The molecule has 0 saturated heterocycles. The minimum Gasteiger partial charge on any atom is -0.300 e. The molecular formula is C14H32NO3P. The van der Waals surface area contributed by atoms with Gasteiger partial charge in [-0.1, -0.05) is 64.7 Å². The maximum absolute atomic E-state index is 11.7. The van der Waals surface area contributed by atoms with E-state index in [1.54, 1.807) is 0 Å². The molecule has 0 aromatic rings. The first kappa shape index (κ1) is 19.1. The summed E-state index contributed by atoms with van der Waals surface area (Å²) in [6, 6.07) is 0. The second kappa shape index (κ2) is 13.1. The molecule has 0 aliphatic heterocycles. The van der Waals surface area contributed by atoms with E-state index in [4.69, 9.17) is 9.05 Å². The number of rotatable bonds is 14. The van der Waals surface area contributed by atoms with Gasteiger partial charge in [0, 0.05) is 20.8 Å². The number of hydrogen-bond donors (Lipinski definition) is 1. The van der Waals surface area contributed by atoms with E-state index in [0.29, 0.717) is 6.54 Å². The smallest absolute Gasteiger partial charge is 0.300 e. The number of nitrogens with one attached hydrogen (secondary N) is 1. The largest absolute Gasteiger partial charge is 0.404 e. The fraction of sp³-hybridized carbons (Fsp3) is 1.00. The Morgan fingerprint density at radius 2 is 1.21 bits per heavy atom. The summed E-state index contributed by atoms with van der Waals surface area (Å²) in [5.74, 6) is 0. The third-order valence-electron chi connectivity index (χ3n) is 3.32. The highest BCUT2D eigenvalue weighted by atomic mass is 31.2. The van der Waals surface area contributed by atoms with E-state index in [2.05, 4.69) is 12.0 Å². The summed E-state index contributed by atoms with van der Waals surface area (Å²) in [6.07, 6.45) is 13.0. The third kappa shape index (κ3) is 11.6. The highest BCUT2D eigenvalue weighted by Crippen LogP contribution is 2.41. The average molecular weight is 293 g/mol. The molecule has 0 fully saturated rings. The molecule has 0 unspecified atom stereocenters. The van der Waals surface area contributed by atoms with Crippen LogP contribution in [-0.2, 0) is 13.6 Å². The maximum Gasteiger partial charge on any atom is 0.404 e. The van der Waals surface area contributed by atoms with E-state index in [9.17, 15) is 4.57 Å². The van der Waals surface area contributed by atoms with Gasteiger partial charge in [0.05, 0.1) is 0 Å². The molecule has 0 rings (SSSR count). The molecule has 19 heavy (non-hydrogen) atoms. The van der Waals surface area contributed by atoms with Crippen LogP contribution >= 0.6 is 7.75 Å².